The van der Waals surface area contributed by atoms with Gasteiger partial charge in [0, 0.05) is 11.5 Å². The highest BCUT2D eigenvalue weighted by atomic mass is 16.2. The molecule has 1 aliphatic heterocycles. The molecule has 2 aromatic rings. The van der Waals surface area contributed by atoms with E-state index >= 15 is 0 Å². The number of benzene rings is 2. The van der Waals surface area contributed by atoms with Crippen LogP contribution in [-0.2, 0) is 16.1 Å². The molecular formula is C30H43N3O2. The second-order valence-electron chi connectivity index (χ2n) is 10.5. The van der Waals surface area contributed by atoms with E-state index in [-0.39, 0.29) is 17.7 Å². The minimum atomic E-state index is -0.899. The summed E-state index contributed by atoms with van der Waals surface area (Å²) in [5, 5.41) is 0. The van der Waals surface area contributed by atoms with Gasteiger partial charge in [-0.1, -0.05) is 90.9 Å². The lowest BCUT2D eigenvalue weighted by Gasteiger charge is -2.36. The van der Waals surface area contributed by atoms with Crippen molar-refractivity contribution in [1.82, 2.24) is 0 Å². The van der Waals surface area contributed by atoms with E-state index in [9.17, 15) is 9.59 Å². The van der Waals surface area contributed by atoms with Gasteiger partial charge in [-0.05, 0) is 53.5 Å². The molecule has 0 radical (unpaired) electrons. The van der Waals surface area contributed by atoms with Crippen LogP contribution < -0.4 is 16.4 Å². The first-order chi connectivity index (χ1) is 16.3. The Hall–Kier alpha value is -2.92. The third kappa shape index (κ3) is 6.40. The summed E-state index contributed by atoms with van der Waals surface area (Å²) in [6.45, 7) is 16.9. The quantitative estimate of drug-likeness (QED) is 0.552. The van der Waals surface area contributed by atoms with Gasteiger partial charge in [0.05, 0.1) is 17.8 Å². The van der Waals surface area contributed by atoms with Crippen molar-refractivity contribution in [1.29, 1.82) is 0 Å². The van der Waals surface area contributed by atoms with E-state index in [1.807, 2.05) is 24.8 Å². The summed E-state index contributed by atoms with van der Waals surface area (Å²) in [5.74, 6) is 0.421. The number of rotatable bonds is 5. The molecule has 5 nitrogen and oxygen atoms in total. The van der Waals surface area contributed by atoms with Crippen molar-refractivity contribution in [3.05, 3.63) is 65.2 Å². The van der Waals surface area contributed by atoms with Gasteiger partial charge in [0.1, 0.15) is 0 Å². The highest BCUT2D eigenvalue weighted by Gasteiger charge is 2.35. The molecule has 1 unspecified atom stereocenters. The number of hydrogen-bond acceptors (Lipinski definition) is 3. The van der Waals surface area contributed by atoms with Gasteiger partial charge >= 0.3 is 0 Å². The Morgan fingerprint density at radius 1 is 0.886 bits per heavy atom. The lowest BCUT2D eigenvalue weighted by molar-refractivity contribution is -0.123. The first-order valence-corrected chi connectivity index (χ1v) is 12.6. The van der Waals surface area contributed by atoms with E-state index in [1.165, 1.54) is 22.3 Å². The molecule has 1 atom stereocenters. The second kappa shape index (κ2) is 11.7. The van der Waals surface area contributed by atoms with Crippen LogP contribution in [0.1, 0.15) is 78.5 Å². The normalized spacial score (nSPS) is 17.1. The van der Waals surface area contributed by atoms with E-state index in [4.69, 9.17) is 11.5 Å². The van der Waals surface area contributed by atoms with E-state index < -0.39 is 5.54 Å². The fourth-order valence-corrected chi connectivity index (χ4v) is 4.29. The van der Waals surface area contributed by atoms with Gasteiger partial charge in [0.25, 0.3) is 0 Å². The van der Waals surface area contributed by atoms with Gasteiger partial charge in [-0.2, -0.15) is 0 Å². The molecule has 0 spiro atoms. The number of para-hydroxylation sites is 1. The highest BCUT2D eigenvalue weighted by Crippen LogP contribution is 2.44. The molecule has 0 fully saturated rings. The first-order valence-electron chi connectivity index (χ1n) is 12.6. The van der Waals surface area contributed by atoms with Crippen LogP contribution in [0.4, 0.5) is 5.69 Å². The predicted octanol–water partition coefficient (Wildman–Crippen LogP) is 6.01. The lowest BCUT2D eigenvalue weighted by Crippen LogP contribution is -2.53. The summed E-state index contributed by atoms with van der Waals surface area (Å²) >= 11 is 0. The van der Waals surface area contributed by atoms with Crippen molar-refractivity contribution in [2.24, 2.45) is 29.2 Å². The fraction of sp³-hybridized carbons (Fsp3) is 0.467. The molecule has 3 rings (SSSR count). The minimum absolute atomic E-state index is 0.00926. The van der Waals surface area contributed by atoms with E-state index in [0.29, 0.717) is 24.8 Å². The van der Waals surface area contributed by atoms with Gasteiger partial charge in [-0.25, -0.2) is 0 Å². The maximum atomic E-state index is 13.6. The second-order valence-corrected chi connectivity index (χ2v) is 10.5. The minimum Gasteiger partial charge on any atom is -0.369 e. The number of anilines is 1. The number of fused-ring (bicyclic) bond motifs is 2. The topological polar surface area (TPSA) is 89.4 Å². The number of amides is 2. The van der Waals surface area contributed by atoms with Crippen molar-refractivity contribution in [2.75, 3.05) is 4.90 Å². The van der Waals surface area contributed by atoms with Crippen molar-refractivity contribution < 1.29 is 9.59 Å². The summed E-state index contributed by atoms with van der Waals surface area (Å²) in [5.41, 5.74) is 17.5. The maximum absolute atomic E-state index is 13.6. The van der Waals surface area contributed by atoms with Crippen LogP contribution in [0, 0.1) is 17.8 Å². The molecule has 2 aromatic carbocycles. The van der Waals surface area contributed by atoms with Crippen LogP contribution in [-0.4, -0.2) is 17.4 Å². The molecule has 0 aromatic heterocycles. The molecule has 4 N–H and O–H groups in total. The fourth-order valence-electron chi connectivity index (χ4n) is 4.29. The van der Waals surface area contributed by atoms with Gasteiger partial charge in [-0.15, -0.1) is 0 Å². The molecule has 0 aliphatic carbocycles. The third-order valence-electron chi connectivity index (χ3n) is 6.60. The van der Waals surface area contributed by atoms with E-state index in [1.54, 1.807) is 13.8 Å². The summed E-state index contributed by atoms with van der Waals surface area (Å²) in [6, 6.07) is 16.8. The zero-order valence-electron chi connectivity index (χ0n) is 22.7. The molecule has 35 heavy (non-hydrogen) atoms. The zero-order chi connectivity index (χ0) is 26.5. The van der Waals surface area contributed by atoms with Crippen LogP contribution in [0.25, 0.3) is 11.1 Å². The average Bonchev–Trinajstić information content (AvgIpc) is 2.79. The first kappa shape index (κ1) is 28.3. The van der Waals surface area contributed by atoms with Crippen LogP contribution >= 0.6 is 0 Å². The van der Waals surface area contributed by atoms with Crippen molar-refractivity contribution >= 4 is 28.6 Å². The van der Waals surface area contributed by atoms with E-state index in [2.05, 4.69) is 70.2 Å². The molecule has 5 heteroatoms. The number of carbonyl (C=O) groups excluding carboxylic acids is 2. The number of carbonyl (C=O) groups is 2. The lowest BCUT2D eigenvalue weighted by atomic mass is 9.79. The maximum Gasteiger partial charge on any atom is 0.247 e. The van der Waals surface area contributed by atoms with Crippen LogP contribution in [0.2, 0.25) is 0 Å². The number of allylic oxidation sites excluding steroid dienone is 2. The third-order valence-corrected chi connectivity index (χ3v) is 6.60. The summed E-state index contributed by atoms with van der Waals surface area (Å²) in [7, 11) is 0. The molecule has 0 bridgehead atoms. The monoisotopic (exact) mass is 477 g/mol. The molecule has 0 saturated carbocycles. The summed E-state index contributed by atoms with van der Waals surface area (Å²) < 4.78 is 0. The number of nitrogens with two attached hydrogens (primary N) is 2. The van der Waals surface area contributed by atoms with Gasteiger partial charge in [0.2, 0.25) is 11.8 Å². The Balaban J connectivity index is 0.000000641. The largest absolute Gasteiger partial charge is 0.369 e. The molecule has 190 valence electrons. The molecular weight excluding hydrogens is 434 g/mol. The molecule has 1 heterocycles. The van der Waals surface area contributed by atoms with Crippen LogP contribution in [0.5, 0.6) is 0 Å². The average molecular weight is 478 g/mol. The number of nitrogens with zero attached hydrogens (tertiary/aromatic N) is 1. The number of hydrogen-bond donors (Lipinski definition) is 2. The van der Waals surface area contributed by atoms with Crippen LogP contribution in [0.3, 0.4) is 0 Å². The van der Waals surface area contributed by atoms with Crippen molar-refractivity contribution in [3.63, 3.8) is 0 Å². The highest BCUT2D eigenvalue weighted by molar-refractivity contribution is 6.05. The summed E-state index contributed by atoms with van der Waals surface area (Å²) in [4.78, 5) is 25.4. The van der Waals surface area contributed by atoms with Gasteiger partial charge in [-0.3, -0.25) is 9.59 Å². The smallest absolute Gasteiger partial charge is 0.247 e. The SMILES string of the molecule is CC(C)C(N)=O.CCC(C)(N)C(=O)N1Cc2ccccc2/C(C(C)C)=C(/C(C)C)c2ccccc21. The Bertz CT molecular complexity index is 1080. The van der Waals surface area contributed by atoms with Gasteiger partial charge in [0.15, 0.2) is 0 Å². The van der Waals surface area contributed by atoms with Crippen molar-refractivity contribution in [3.8, 4) is 0 Å². The Labute approximate surface area is 211 Å². The van der Waals surface area contributed by atoms with Gasteiger partial charge < -0.3 is 16.4 Å². The Kier molecular flexibility index (Phi) is 9.45. The van der Waals surface area contributed by atoms with Crippen LogP contribution in [0.15, 0.2) is 48.5 Å². The Morgan fingerprint density at radius 3 is 1.83 bits per heavy atom. The van der Waals surface area contributed by atoms with Crippen molar-refractivity contribution in [2.45, 2.75) is 73.9 Å². The molecule has 2 amide bonds. The zero-order valence-corrected chi connectivity index (χ0v) is 22.7. The Morgan fingerprint density at radius 2 is 1.34 bits per heavy atom. The predicted molar refractivity (Wildman–Crippen MR) is 147 cm³/mol. The molecule has 0 saturated heterocycles. The standard InChI is InChI=1S/C26H34N2O.C4H9NO/c1-7-26(6,27)25(29)28-16-19-12-8-9-13-20(19)23(17(2)3)24(18(4)5)21-14-10-11-15-22(21)28;1-3(2)4(5)6/h8-15,17-18H,7,16,27H2,1-6H3;3H,1-2H3,(H2,5,6)/b24-23-;. The number of primary amides is 1. The summed E-state index contributed by atoms with van der Waals surface area (Å²) in [6.07, 6.45) is 0.594. The van der Waals surface area contributed by atoms with E-state index in [0.717, 1.165) is 11.3 Å². The molecule has 1 aliphatic rings.